The highest BCUT2D eigenvalue weighted by atomic mass is 15.1. The minimum Gasteiger partial charge on any atom is -0.337 e. The van der Waals surface area contributed by atoms with E-state index in [0.717, 1.165) is 36.3 Å². The van der Waals surface area contributed by atoms with Gasteiger partial charge in [-0.2, -0.15) is 0 Å². The van der Waals surface area contributed by atoms with E-state index in [0.29, 0.717) is 0 Å². The maximum Gasteiger partial charge on any atom is 0.122 e. The summed E-state index contributed by atoms with van der Waals surface area (Å²) in [5.41, 5.74) is 0. The molecule has 3 nitrogen and oxygen atoms in total. The molecule has 3 heteroatoms. The van der Waals surface area contributed by atoms with Crippen molar-refractivity contribution in [3.8, 4) is 0 Å². The van der Waals surface area contributed by atoms with Crippen LogP contribution < -0.4 is 5.32 Å². The number of fused-ring (bicyclic) bond motifs is 5. The van der Waals surface area contributed by atoms with Crippen molar-refractivity contribution in [2.75, 3.05) is 0 Å². The molecule has 0 aliphatic heterocycles. The first-order valence-corrected chi connectivity index (χ1v) is 7.52. The molecule has 1 N–H and O–H groups in total. The summed E-state index contributed by atoms with van der Waals surface area (Å²) >= 11 is 0. The van der Waals surface area contributed by atoms with Gasteiger partial charge in [-0.1, -0.05) is 6.42 Å². The lowest BCUT2D eigenvalue weighted by molar-refractivity contribution is 0.207. The highest BCUT2D eigenvalue weighted by Crippen LogP contribution is 2.58. The van der Waals surface area contributed by atoms with Crippen LogP contribution in [0.15, 0.2) is 12.4 Å². The summed E-state index contributed by atoms with van der Waals surface area (Å²) in [6.07, 6.45) is 11.4. The van der Waals surface area contributed by atoms with Crippen molar-refractivity contribution >= 4 is 0 Å². The van der Waals surface area contributed by atoms with Crippen molar-refractivity contribution in [2.45, 2.75) is 44.7 Å². The van der Waals surface area contributed by atoms with Crippen molar-refractivity contribution in [1.29, 1.82) is 0 Å². The van der Waals surface area contributed by atoms with Gasteiger partial charge in [0.05, 0.1) is 6.54 Å². The fourth-order valence-electron chi connectivity index (χ4n) is 5.09. The van der Waals surface area contributed by atoms with Gasteiger partial charge in [-0.15, -0.1) is 0 Å². The highest BCUT2D eigenvalue weighted by Gasteiger charge is 2.53. The first kappa shape index (κ1) is 11.0. The van der Waals surface area contributed by atoms with Crippen LogP contribution >= 0.6 is 0 Å². The average molecular weight is 245 g/mol. The molecule has 3 saturated carbocycles. The molecule has 0 radical (unpaired) electrons. The predicted octanol–water partition coefficient (Wildman–Crippen LogP) is 2.33. The van der Waals surface area contributed by atoms with Gasteiger partial charge in [-0.05, 0) is 49.4 Å². The van der Waals surface area contributed by atoms with Crippen LogP contribution in [0.5, 0.6) is 0 Å². The summed E-state index contributed by atoms with van der Waals surface area (Å²) in [6, 6.07) is 0.769. The monoisotopic (exact) mass is 245 g/mol. The zero-order valence-electron chi connectivity index (χ0n) is 11.2. The molecule has 1 aromatic rings. The smallest absolute Gasteiger partial charge is 0.122 e. The minimum atomic E-state index is 0.769. The summed E-state index contributed by atoms with van der Waals surface area (Å²) in [6.45, 7) is 0.939. The third kappa shape index (κ3) is 1.56. The Morgan fingerprint density at radius 1 is 1.28 bits per heavy atom. The molecule has 2 bridgehead atoms. The minimum absolute atomic E-state index is 0.769. The third-order valence-corrected chi connectivity index (χ3v) is 5.87. The zero-order valence-corrected chi connectivity index (χ0v) is 11.2. The second-order valence-electron chi connectivity index (χ2n) is 6.60. The number of aromatic nitrogens is 2. The zero-order chi connectivity index (χ0) is 12.1. The molecule has 0 saturated heterocycles. The van der Waals surface area contributed by atoms with E-state index < -0.39 is 0 Å². The van der Waals surface area contributed by atoms with E-state index in [1.165, 1.54) is 37.9 Å². The van der Waals surface area contributed by atoms with E-state index in [-0.39, 0.29) is 0 Å². The molecule has 0 amide bonds. The molecule has 5 unspecified atom stereocenters. The molecule has 4 rings (SSSR count). The number of imidazole rings is 1. The van der Waals surface area contributed by atoms with Crippen LogP contribution in [0.2, 0.25) is 0 Å². The largest absolute Gasteiger partial charge is 0.337 e. The first-order chi connectivity index (χ1) is 8.83. The number of nitrogens with one attached hydrogen (secondary N) is 1. The van der Waals surface area contributed by atoms with Crippen molar-refractivity contribution in [3.63, 3.8) is 0 Å². The number of hydrogen-bond donors (Lipinski definition) is 1. The number of nitrogens with zero attached hydrogens (tertiary/aromatic N) is 2. The van der Waals surface area contributed by atoms with Crippen molar-refractivity contribution in [1.82, 2.24) is 14.9 Å². The van der Waals surface area contributed by atoms with Gasteiger partial charge >= 0.3 is 0 Å². The Morgan fingerprint density at radius 3 is 3.00 bits per heavy atom. The molecule has 0 spiro atoms. The Kier molecular flexibility index (Phi) is 2.51. The molecule has 98 valence electrons. The Labute approximate surface area is 109 Å². The molecule has 1 aromatic heterocycles. The van der Waals surface area contributed by atoms with Crippen LogP contribution in [0.1, 0.15) is 37.9 Å². The predicted molar refractivity (Wildman–Crippen MR) is 70.9 cm³/mol. The van der Waals surface area contributed by atoms with Gasteiger partial charge in [0.1, 0.15) is 5.82 Å². The van der Waals surface area contributed by atoms with Gasteiger partial charge in [0.25, 0.3) is 0 Å². The van der Waals surface area contributed by atoms with E-state index in [2.05, 4.69) is 21.9 Å². The van der Waals surface area contributed by atoms with Crippen LogP contribution in [0, 0.1) is 23.7 Å². The summed E-state index contributed by atoms with van der Waals surface area (Å²) in [5.74, 6) is 5.34. The standard InChI is InChI=1S/C15H23N3/c1-18-6-5-16-15(18)9-17-14-8-10-7-13(14)12-4-2-3-11(10)12/h5-6,10-14,17H,2-4,7-9H2,1H3. The molecule has 18 heavy (non-hydrogen) atoms. The molecule has 0 aromatic carbocycles. The fraction of sp³-hybridized carbons (Fsp3) is 0.800. The van der Waals surface area contributed by atoms with Crippen LogP contribution in [0.25, 0.3) is 0 Å². The van der Waals surface area contributed by atoms with Gasteiger partial charge < -0.3 is 9.88 Å². The molecule has 5 atom stereocenters. The number of rotatable bonds is 3. The normalized spacial score (nSPS) is 41.5. The quantitative estimate of drug-likeness (QED) is 0.886. The first-order valence-electron chi connectivity index (χ1n) is 7.52. The molecule has 3 aliphatic carbocycles. The van der Waals surface area contributed by atoms with E-state index in [4.69, 9.17) is 0 Å². The summed E-state index contributed by atoms with van der Waals surface area (Å²) in [4.78, 5) is 4.41. The van der Waals surface area contributed by atoms with Crippen molar-refractivity contribution < 1.29 is 0 Å². The Balaban J connectivity index is 1.41. The van der Waals surface area contributed by atoms with E-state index in [1.807, 2.05) is 12.4 Å². The van der Waals surface area contributed by atoms with Crippen LogP contribution in [-0.2, 0) is 13.6 Å². The summed E-state index contributed by atoms with van der Waals surface area (Å²) < 4.78 is 2.12. The highest BCUT2D eigenvalue weighted by molar-refractivity contribution is 5.06. The van der Waals surface area contributed by atoms with E-state index >= 15 is 0 Å². The van der Waals surface area contributed by atoms with Gasteiger partial charge in [0, 0.05) is 25.5 Å². The molecule has 3 fully saturated rings. The van der Waals surface area contributed by atoms with Crippen LogP contribution in [0.3, 0.4) is 0 Å². The Hall–Kier alpha value is -0.830. The summed E-state index contributed by atoms with van der Waals surface area (Å²) in [7, 11) is 2.08. The van der Waals surface area contributed by atoms with Crippen molar-refractivity contribution in [3.05, 3.63) is 18.2 Å². The molecule has 3 aliphatic rings. The van der Waals surface area contributed by atoms with Gasteiger partial charge in [-0.3, -0.25) is 0 Å². The topological polar surface area (TPSA) is 29.9 Å². The van der Waals surface area contributed by atoms with Crippen LogP contribution in [0.4, 0.5) is 0 Å². The third-order valence-electron chi connectivity index (χ3n) is 5.87. The molecular weight excluding hydrogens is 222 g/mol. The maximum atomic E-state index is 4.41. The maximum absolute atomic E-state index is 4.41. The Morgan fingerprint density at radius 2 is 2.17 bits per heavy atom. The molecular formula is C15H23N3. The van der Waals surface area contributed by atoms with Gasteiger partial charge in [0.15, 0.2) is 0 Å². The molecule has 1 heterocycles. The van der Waals surface area contributed by atoms with Gasteiger partial charge in [-0.25, -0.2) is 4.98 Å². The second kappa shape index (κ2) is 4.09. The fourth-order valence-corrected chi connectivity index (χ4v) is 5.09. The SMILES string of the molecule is Cn1ccnc1CNC1CC2CC1C1CCCC21. The number of hydrogen-bond acceptors (Lipinski definition) is 2. The average Bonchev–Trinajstić information content (AvgIpc) is 3.08. The lowest BCUT2D eigenvalue weighted by atomic mass is 9.79. The number of aryl methyl sites for hydroxylation is 1. The lowest BCUT2D eigenvalue weighted by Gasteiger charge is -2.32. The van der Waals surface area contributed by atoms with Crippen molar-refractivity contribution in [2.24, 2.45) is 30.7 Å². The van der Waals surface area contributed by atoms with Gasteiger partial charge in [0.2, 0.25) is 0 Å². The van der Waals surface area contributed by atoms with Crippen LogP contribution in [-0.4, -0.2) is 15.6 Å². The van der Waals surface area contributed by atoms with E-state index in [1.54, 1.807) is 0 Å². The van der Waals surface area contributed by atoms with E-state index in [9.17, 15) is 0 Å². The second-order valence-corrected chi connectivity index (χ2v) is 6.60. The lowest BCUT2D eigenvalue weighted by Crippen LogP contribution is -2.39. The summed E-state index contributed by atoms with van der Waals surface area (Å²) in [5, 5.41) is 3.79. The Bertz CT molecular complexity index is 439.